The molecule has 0 aliphatic carbocycles. The molecule has 0 bridgehead atoms. The molecule has 0 radical (unpaired) electrons. The normalized spacial score (nSPS) is 13.7. The number of carbonyl (C=O) groups excluding carboxylic acids is 2. The van der Waals surface area contributed by atoms with Crippen molar-refractivity contribution in [3.8, 4) is 10.7 Å². The lowest BCUT2D eigenvalue weighted by molar-refractivity contribution is -0.113. The van der Waals surface area contributed by atoms with Crippen LogP contribution < -0.4 is 5.32 Å². The summed E-state index contributed by atoms with van der Waals surface area (Å²) in [6.07, 6.45) is 1.78. The van der Waals surface area contributed by atoms with Crippen molar-refractivity contribution in [2.45, 2.75) is 11.7 Å². The lowest BCUT2D eigenvalue weighted by atomic mass is 10.1. The number of ether oxygens (including phenoxy) is 1. The van der Waals surface area contributed by atoms with E-state index in [-0.39, 0.29) is 17.6 Å². The summed E-state index contributed by atoms with van der Waals surface area (Å²) in [7, 11) is 0. The van der Waals surface area contributed by atoms with Crippen molar-refractivity contribution in [3.05, 3.63) is 60.0 Å². The van der Waals surface area contributed by atoms with Gasteiger partial charge in [0.25, 0.3) is 5.91 Å². The third kappa shape index (κ3) is 5.26. The number of thioether (sulfide) groups is 1. The molecule has 0 unspecified atom stereocenters. The highest BCUT2D eigenvalue weighted by molar-refractivity contribution is 7.99. The molecular weight excluding hydrogens is 446 g/mol. The minimum atomic E-state index is -0.159. The highest BCUT2D eigenvalue weighted by Gasteiger charge is 2.19. The number of benzene rings is 1. The minimum Gasteiger partial charge on any atom is -0.378 e. The Morgan fingerprint density at radius 3 is 2.66 bits per heavy atom. The van der Waals surface area contributed by atoms with Crippen LogP contribution in [0.25, 0.3) is 10.7 Å². The molecule has 2 amide bonds. The predicted molar refractivity (Wildman–Crippen MR) is 126 cm³/mol. The van der Waals surface area contributed by atoms with Gasteiger partial charge in [0.05, 0.1) is 23.8 Å². The largest absolute Gasteiger partial charge is 0.378 e. The van der Waals surface area contributed by atoms with Gasteiger partial charge >= 0.3 is 0 Å². The summed E-state index contributed by atoms with van der Waals surface area (Å²) in [4.78, 5) is 27.8. The molecule has 2 aromatic heterocycles. The van der Waals surface area contributed by atoms with Gasteiger partial charge in [-0.2, -0.15) is 0 Å². The van der Waals surface area contributed by atoms with Crippen LogP contribution in [0.2, 0.25) is 0 Å². The molecule has 4 rings (SSSR count). The Morgan fingerprint density at radius 2 is 1.97 bits per heavy atom. The summed E-state index contributed by atoms with van der Waals surface area (Å²) < 4.78 is 7.23. The molecule has 1 N–H and O–H groups in total. The summed E-state index contributed by atoms with van der Waals surface area (Å²) in [6.45, 7) is 6.68. The predicted octanol–water partition coefficient (Wildman–Crippen LogP) is 3.40. The van der Waals surface area contributed by atoms with Crippen molar-refractivity contribution in [2.24, 2.45) is 0 Å². The first-order valence-electron chi connectivity index (χ1n) is 10.1. The number of hydrogen-bond donors (Lipinski definition) is 1. The van der Waals surface area contributed by atoms with Gasteiger partial charge in [0.2, 0.25) is 5.91 Å². The van der Waals surface area contributed by atoms with E-state index in [1.54, 1.807) is 46.6 Å². The van der Waals surface area contributed by atoms with Gasteiger partial charge in [-0.25, -0.2) is 0 Å². The number of morpholine rings is 1. The number of allylic oxidation sites excluding steroid dienone is 1. The molecule has 3 heterocycles. The molecular formula is C22H23N5O3S2. The van der Waals surface area contributed by atoms with Crippen molar-refractivity contribution < 1.29 is 14.3 Å². The molecule has 0 spiro atoms. The zero-order valence-corrected chi connectivity index (χ0v) is 19.0. The van der Waals surface area contributed by atoms with E-state index in [4.69, 9.17) is 4.74 Å². The molecule has 32 heavy (non-hydrogen) atoms. The molecule has 8 nitrogen and oxygen atoms in total. The number of rotatable bonds is 8. The summed E-state index contributed by atoms with van der Waals surface area (Å²) in [6, 6.07) is 10.9. The van der Waals surface area contributed by atoms with E-state index in [0.29, 0.717) is 49.3 Å². The third-order valence-corrected chi connectivity index (χ3v) is 6.65. The molecule has 1 aliphatic heterocycles. The smallest absolute Gasteiger partial charge is 0.254 e. The Morgan fingerprint density at radius 1 is 1.19 bits per heavy atom. The minimum absolute atomic E-state index is 0.0233. The summed E-state index contributed by atoms with van der Waals surface area (Å²) in [5.41, 5.74) is 1.24. The Kier molecular flexibility index (Phi) is 7.35. The van der Waals surface area contributed by atoms with Crippen LogP contribution in [0.3, 0.4) is 0 Å². The monoisotopic (exact) mass is 469 g/mol. The molecule has 1 saturated heterocycles. The zero-order valence-electron chi connectivity index (χ0n) is 17.4. The van der Waals surface area contributed by atoms with Gasteiger partial charge in [0.1, 0.15) is 0 Å². The number of carbonyl (C=O) groups is 2. The number of nitrogens with zero attached hydrogens (tertiary/aromatic N) is 4. The van der Waals surface area contributed by atoms with Crippen LogP contribution in [-0.2, 0) is 16.1 Å². The second-order valence-electron chi connectivity index (χ2n) is 7.00. The van der Waals surface area contributed by atoms with Crippen molar-refractivity contribution in [3.63, 3.8) is 0 Å². The van der Waals surface area contributed by atoms with Gasteiger partial charge in [-0.15, -0.1) is 28.1 Å². The zero-order chi connectivity index (χ0) is 22.3. The van der Waals surface area contributed by atoms with Gasteiger partial charge in [-0.1, -0.05) is 23.9 Å². The third-order valence-electron chi connectivity index (χ3n) is 4.82. The maximum Gasteiger partial charge on any atom is 0.254 e. The molecule has 10 heteroatoms. The summed E-state index contributed by atoms with van der Waals surface area (Å²) >= 11 is 2.91. The van der Waals surface area contributed by atoms with E-state index in [0.717, 1.165) is 10.7 Å². The van der Waals surface area contributed by atoms with Crippen molar-refractivity contribution in [1.29, 1.82) is 0 Å². The van der Waals surface area contributed by atoms with E-state index in [2.05, 4.69) is 22.1 Å². The van der Waals surface area contributed by atoms with Gasteiger partial charge in [0, 0.05) is 30.9 Å². The molecule has 1 fully saturated rings. The Labute approximate surface area is 194 Å². The van der Waals surface area contributed by atoms with Crippen molar-refractivity contribution in [2.75, 3.05) is 37.4 Å². The maximum atomic E-state index is 12.5. The molecule has 3 aromatic rings. The summed E-state index contributed by atoms with van der Waals surface area (Å²) in [5.74, 6) is 0.773. The Bertz CT molecular complexity index is 1070. The Hall–Kier alpha value is -2.95. The summed E-state index contributed by atoms with van der Waals surface area (Å²) in [5, 5.41) is 14.0. The Balaban J connectivity index is 1.34. The average molecular weight is 470 g/mol. The molecule has 1 aromatic carbocycles. The van der Waals surface area contributed by atoms with E-state index in [1.165, 1.54) is 11.8 Å². The van der Waals surface area contributed by atoms with Crippen LogP contribution in [0, 0.1) is 0 Å². The molecule has 0 saturated carbocycles. The number of amides is 2. The van der Waals surface area contributed by atoms with Crippen LogP contribution in [0.1, 0.15) is 10.4 Å². The van der Waals surface area contributed by atoms with E-state index < -0.39 is 0 Å². The first kappa shape index (κ1) is 22.3. The van der Waals surface area contributed by atoms with Gasteiger partial charge in [-0.05, 0) is 35.7 Å². The van der Waals surface area contributed by atoms with Gasteiger partial charge < -0.3 is 15.0 Å². The number of aromatic nitrogens is 3. The van der Waals surface area contributed by atoms with Crippen LogP contribution in [0.4, 0.5) is 5.69 Å². The van der Waals surface area contributed by atoms with Crippen molar-refractivity contribution >= 4 is 40.6 Å². The average Bonchev–Trinajstić information content (AvgIpc) is 3.49. The van der Waals surface area contributed by atoms with Crippen molar-refractivity contribution in [1.82, 2.24) is 19.7 Å². The fourth-order valence-electron chi connectivity index (χ4n) is 3.25. The lowest BCUT2D eigenvalue weighted by Gasteiger charge is -2.26. The number of anilines is 1. The molecule has 0 atom stereocenters. The van der Waals surface area contributed by atoms with Crippen LogP contribution >= 0.6 is 23.1 Å². The van der Waals surface area contributed by atoms with E-state index in [9.17, 15) is 9.59 Å². The first-order chi connectivity index (χ1) is 15.7. The second kappa shape index (κ2) is 10.6. The fraction of sp³-hybridized carbons (Fsp3) is 0.273. The molecule has 1 aliphatic rings. The number of hydrogen-bond acceptors (Lipinski definition) is 7. The van der Waals surface area contributed by atoms with E-state index >= 15 is 0 Å². The van der Waals surface area contributed by atoms with Gasteiger partial charge in [0.15, 0.2) is 11.0 Å². The fourth-order valence-corrected chi connectivity index (χ4v) is 4.71. The maximum absolute atomic E-state index is 12.5. The lowest BCUT2D eigenvalue weighted by Crippen LogP contribution is -2.40. The number of nitrogens with one attached hydrogen (secondary N) is 1. The van der Waals surface area contributed by atoms with E-state index in [1.807, 2.05) is 22.1 Å². The topological polar surface area (TPSA) is 89.4 Å². The van der Waals surface area contributed by atoms with Crippen LogP contribution in [0.15, 0.2) is 59.6 Å². The van der Waals surface area contributed by atoms with Crippen LogP contribution in [0.5, 0.6) is 0 Å². The first-order valence-corrected chi connectivity index (χ1v) is 12.0. The quantitative estimate of drug-likeness (QED) is 0.402. The second-order valence-corrected chi connectivity index (χ2v) is 8.89. The molecule has 166 valence electrons. The number of thiophene rings is 1. The highest BCUT2D eigenvalue weighted by atomic mass is 32.2. The highest BCUT2D eigenvalue weighted by Crippen LogP contribution is 2.27. The standard InChI is InChI=1S/C22H23N5O3S2/c1-2-9-27-20(18-4-3-14-31-18)24-25-22(27)32-15-19(28)23-17-7-5-16(6-8-17)21(29)26-10-12-30-13-11-26/h2-8,14H,1,9-13,15H2,(H,23,28). The van der Waals surface area contributed by atoms with Crippen LogP contribution in [-0.4, -0.2) is 63.5 Å². The SMILES string of the molecule is C=CCn1c(SCC(=O)Nc2ccc(C(=O)N3CCOCC3)cc2)nnc1-c1cccs1. The van der Waals surface area contributed by atoms with Gasteiger partial charge in [-0.3, -0.25) is 14.2 Å².